The van der Waals surface area contributed by atoms with Crippen LogP contribution in [-0.2, 0) is 6.61 Å². The summed E-state index contributed by atoms with van der Waals surface area (Å²) in [4.78, 5) is 8.86. The molecule has 0 saturated heterocycles. The number of rotatable bonds is 4. The average molecular weight is 331 g/mol. The van der Waals surface area contributed by atoms with Crippen LogP contribution in [0, 0.1) is 6.92 Å². The lowest BCUT2D eigenvalue weighted by molar-refractivity contribution is 0.300. The normalized spacial score (nSPS) is 10.9. The average Bonchev–Trinajstić information content (AvgIpc) is 3.01. The molecular weight excluding hydrogens is 314 g/mol. The number of fused-ring (bicyclic) bond motifs is 1. The lowest BCUT2D eigenvalue weighted by Gasteiger charge is -2.06. The zero-order valence-corrected chi connectivity index (χ0v) is 13.8. The largest absolute Gasteiger partial charge is 0.487 e. The van der Waals surface area contributed by atoms with Gasteiger partial charge in [-0.15, -0.1) is 0 Å². The molecule has 2 heterocycles. The first-order valence-corrected chi connectivity index (χ1v) is 7.99. The molecule has 0 radical (unpaired) electrons. The van der Waals surface area contributed by atoms with Gasteiger partial charge >= 0.3 is 0 Å². The van der Waals surface area contributed by atoms with Crippen LogP contribution in [0.3, 0.4) is 0 Å². The van der Waals surface area contributed by atoms with Crippen LogP contribution in [0.25, 0.3) is 22.4 Å². The number of nitrogens with zero attached hydrogens (tertiary/aromatic N) is 2. The molecule has 0 aliphatic rings. The van der Waals surface area contributed by atoms with E-state index < -0.39 is 0 Å². The van der Waals surface area contributed by atoms with Crippen LogP contribution in [0.2, 0.25) is 0 Å². The van der Waals surface area contributed by atoms with Crippen molar-refractivity contribution in [3.05, 3.63) is 72.2 Å². The molecule has 0 aliphatic heterocycles. The number of oxazole rings is 1. The summed E-state index contributed by atoms with van der Waals surface area (Å²) < 4.78 is 11.6. The van der Waals surface area contributed by atoms with Crippen LogP contribution >= 0.6 is 0 Å². The van der Waals surface area contributed by atoms with Gasteiger partial charge in [0.1, 0.15) is 23.8 Å². The van der Waals surface area contributed by atoms with Gasteiger partial charge in [-0.05, 0) is 37.3 Å². The van der Waals surface area contributed by atoms with Crippen molar-refractivity contribution in [2.24, 2.45) is 0 Å². The van der Waals surface area contributed by atoms with E-state index in [2.05, 4.69) is 9.97 Å². The summed E-state index contributed by atoms with van der Waals surface area (Å²) in [6.45, 7) is 2.23. The number of nitrogens with two attached hydrogens (primary N) is 1. The fraction of sp³-hybridized carbons (Fsp3) is 0.100. The van der Waals surface area contributed by atoms with E-state index in [9.17, 15) is 0 Å². The van der Waals surface area contributed by atoms with Crippen molar-refractivity contribution in [1.82, 2.24) is 9.97 Å². The van der Waals surface area contributed by atoms with E-state index in [0.717, 1.165) is 33.7 Å². The molecule has 5 nitrogen and oxygen atoms in total. The number of nitrogen functional groups attached to an aromatic ring is 1. The molecule has 4 rings (SSSR count). The molecule has 2 aromatic heterocycles. The number of aromatic nitrogens is 2. The van der Waals surface area contributed by atoms with E-state index >= 15 is 0 Å². The van der Waals surface area contributed by atoms with Crippen LogP contribution in [-0.4, -0.2) is 9.97 Å². The minimum Gasteiger partial charge on any atom is -0.487 e. The molecule has 0 amide bonds. The Bertz CT molecular complexity index is 1030. The van der Waals surface area contributed by atoms with E-state index in [1.54, 1.807) is 6.20 Å². The van der Waals surface area contributed by atoms with E-state index in [-0.39, 0.29) is 0 Å². The number of hydrogen-bond donors (Lipinski definition) is 1. The van der Waals surface area contributed by atoms with Crippen LogP contribution in [0.5, 0.6) is 5.75 Å². The summed E-state index contributed by atoms with van der Waals surface area (Å²) in [5.74, 6) is 2.09. The molecule has 0 saturated carbocycles. The van der Waals surface area contributed by atoms with E-state index in [0.29, 0.717) is 18.2 Å². The second-order valence-electron chi connectivity index (χ2n) is 5.80. The number of aryl methyl sites for hydroxylation is 1. The third-order valence-corrected chi connectivity index (χ3v) is 3.97. The molecule has 4 aromatic rings. The number of pyridine rings is 1. The van der Waals surface area contributed by atoms with Gasteiger partial charge in [-0.25, -0.2) is 4.98 Å². The summed E-state index contributed by atoms with van der Waals surface area (Å²) in [6.07, 6.45) is 1.64. The van der Waals surface area contributed by atoms with Crippen molar-refractivity contribution in [2.75, 3.05) is 5.73 Å². The third-order valence-electron chi connectivity index (χ3n) is 3.97. The molecular formula is C20H17N3O2. The highest BCUT2D eigenvalue weighted by Gasteiger charge is 2.12. The number of benzene rings is 2. The molecule has 0 spiro atoms. The number of ether oxygens (including phenoxy) is 1. The highest BCUT2D eigenvalue weighted by molar-refractivity contribution is 5.82. The first-order chi connectivity index (χ1) is 12.2. The highest BCUT2D eigenvalue weighted by atomic mass is 16.5. The van der Waals surface area contributed by atoms with E-state index in [1.165, 1.54) is 0 Å². The molecule has 124 valence electrons. The molecule has 0 unspecified atom stereocenters. The monoisotopic (exact) mass is 331 g/mol. The van der Waals surface area contributed by atoms with Crippen molar-refractivity contribution < 1.29 is 9.15 Å². The molecule has 0 aliphatic carbocycles. The van der Waals surface area contributed by atoms with Gasteiger partial charge in [0.15, 0.2) is 0 Å². The van der Waals surface area contributed by atoms with E-state index in [4.69, 9.17) is 14.9 Å². The molecule has 0 atom stereocenters. The number of anilines is 1. The zero-order valence-electron chi connectivity index (χ0n) is 13.8. The quantitative estimate of drug-likeness (QED) is 0.601. The first kappa shape index (κ1) is 15.2. The Hall–Kier alpha value is -3.34. The lowest BCUT2D eigenvalue weighted by atomic mass is 10.2. The Kier molecular flexibility index (Phi) is 3.82. The second-order valence-corrected chi connectivity index (χ2v) is 5.80. The summed E-state index contributed by atoms with van der Waals surface area (Å²) in [5, 5.41) is 0.983. The third kappa shape index (κ3) is 3.17. The predicted molar refractivity (Wildman–Crippen MR) is 97.2 cm³/mol. The van der Waals surface area contributed by atoms with Gasteiger partial charge in [-0.3, -0.25) is 4.98 Å². The maximum atomic E-state index is 5.87. The summed E-state index contributed by atoms with van der Waals surface area (Å²) in [6, 6.07) is 17.4. The highest BCUT2D eigenvalue weighted by Crippen LogP contribution is 2.24. The SMILES string of the molecule is Cc1oc(-c2ccccc2)nc1COc1ccc2cc(N)cnc2c1. The predicted octanol–water partition coefficient (Wildman–Crippen LogP) is 4.36. The standard InChI is InChI=1S/C20H17N3O2/c1-13-19(23-20(25-13)14-5-3-2-4-6-14)12-24-17-8-7-15-9-16(21)11-22-18(15)10-17/h2-11H,12,21H2,1H3. The van der Waals surface area contributed by atoms with Crippen LogP contribution in [0.4, 0.5) is 5.69 Å². The Morgan fingerprint density at radius 3 is 2.76 bits per heavy atom. The van der Waals surface area contributed by atoms with Crippen molar-refractivity contribution >= 4 is 16.6 Å². The van der Waals surface area contributed by atoms with Crippen LogP contribution in [0.15, 0.2) is 65.2 Å². The zero-order chi connectivity index (χ0) is 17.2. The molecule has 2 aromatic carbocycles. The molecule has 2 N–H and O–H groups in total. The maximum Gasteiger partial charge on any atom is 0.226 e. The van der Waals surface area contributed by atoms with Gasteiger partial charge in [0.05, 0.1) is 17.4 Å². The van der Waals surface area contributed by atoms with Gasteiger partial charge < -0.3 is 14.9 Å². The van der Waals surface area contributed by atoms with Gasteiger partial charge in [-0.2, -0.15) is 0 Å². The molecule has 0 fully saturated rings. The topological polar surface area (TPSA) is 74.2 Å². The Morgan fingerprint density at radius 2 is 1.92 bits per heavy atom. The van der Waals surface area contributed by atoms with Crippen molar-refractivity contribution in [2.45, 2.75) is 13.5 Å². The Balaban J connectivity index is 1.53. The summed E-state index contributed by atoms with van der Waals surface area (Å²) in [5.41, 5.74) is 8.97. The fourth-order valence-corrected chi connectivity index (χ4v) is 2.63. The van der Waals surface area contributed by atoms with Crippen LogP contribution < -0.4 is 10.5 Å². The fourth-order valence-electron chi connectivity index (χ4n) is 2.63. The smallest absolute Gasteiger partial charge is 0.226 e. The Morgan fingerprint density at radius 1 is 1.08 bits per heavy atom. The minimum atomic E-state index is 0.336. The van der Waals surface area contributed by atoms with Gasteiger partial charge in [0.25, 0.3) is 0 Å². The van der Waals surface area contributed by atoms with Crippen molar-refractivity contribution in [3.8, 4) is 17.2 Å². The lowest BCUT2D eigenvalue weighted by Crippen LogP contribution is -1.98. The molecule has 0 bridgehead atoms. The van der Waals surface area contributed by atoms with Crippen molar-refractivity contribution in [1.29, 1.82) is 0 Å². The second kappa shape index (κ2) is 6.28. The Labute approximate surface area is 145 Å². The van der Waals surface area contributed by atoms with Crippen molar-refractivity contribution in [3.63, 3.8) is 0 Å². The first-order valence-electron chi connectivity index (χ1n) is 7.99. The molecule has 5 heteroatoms. The maximum absolute atomic E-state index is 5.87. The summed E-state index contributed by atoms with van der Waals surface area (Å²) >= 11 is 0. The van der Waals surface area contributed by atoms with Gasteiger partial charge in [-0.1, -0.05) is 18.2 Å². The number of hydrogen-bond acceptors (Lipinski definition) is 5. The van der Waals surface area contributed by atoms with Crippen LogP contribution in [0.1, 0.15) is 11.5 Å². The summed E-state index contributed by atoms with van der Waals surface area (Å²) in [7, 11) is 0. The molecule has 25 heavy (non-hydrogen) atoms. The van der Waals surface area contributed by atoms with Gasteiger partial charge in [0.2, 0.25) is 5.89 Å². The minimum absolute atomic E-state index is 0.336. The van der Waals surface area contributed by atoms with E-state index in [1.807, 2.05) is 61.5 Å². The van der Waals surface area contributed by atoms with Gasteiger partial charge in [0, 0.05) is 17.0 Å².